The van der Waals surface area contributed by atoms with E-state index in [0.717, 1.165) is 26.0 Å². The molecule has 0 unspecified atom stereocenters. The lowest BCUT2D eigenvalue weighted by molar-refractivity contribution is 0.628. The van der Waals surface area contributed by atoms with Crippen molar-refractivity contribution in [1.82, 2.24) is 4.98 Å². The molecule has 4 rings (SSSR count). The predicted octanol–water partition coefficient (Wildman–Crippen LogP) is 6.71. The molecule has 0 saturated carbocycles. The molecule has 4 aromatic rings. The molecule has 3 heterocycles. The van der Waals surface area contributed by atoms with Crippen LogP contribution in [0.25, 0.3) is 30.9 Å². The van der Waals surface area contributed by atoms with Crippen molar-refractivity contribution >= 4 is 34.0 Å². The third-order valence-corrected chi connectivity index (χ3v) is 6.75. The average Bonchev–Trinajstić information content (AvgIpc) is 3.27. The monoisotopic (exact) mass is 357 g/mol. The molecule has 114 valence electrons. The largest absolute Gasteiger partial charge is 0.234 e. The summed E-state index contributed by atoms with van der Waals surface area (Å²) in [4.78, 5) is 8.38. The second-order valence-electron chi connectivity index (χ2n) is 5.17. The molecule has 0 aliphatic carbocycles. The topological polar surface area (TPSA) is 12.9 Å². The molecule has 23 heavy (non-hydrogen) atoms. The van der Waals surface area contributed by atoms with Gasteiger partial charge in [-0.3, -0.25) is 0 Å². The summed E-state index contributed by atoms with van der Waals surface area (Å²) in [5, 5.41) is 5.22. The highest BCUT2D eigenvalue weighted by molar-refractivity contribution is 7.25. The number of aromatic nitrogens is 1. The zero-order valence-electron chi connectivity index (χ0n) is 12.2. The summed E-state index contributed by atoms with van der Waals surface area (Å²) in [7, 11) is 0. The SMILES string of the molecule is Cc1csc(-c2sc(-c3cccs3)nc2-c2ccc(F)cc2)c1. The number of aryl methyl sites for hydroxylation is 1. The molecule has 0 fully saturated rings. The number of halogens is 1. The van der Waals surface area contributed by atoms with Crippen LogP contribution in [0.1, 0.15) is 5.56 Å². The zero-order valence-corrected chi connectivity index (χ0v) is 14.7. The Kier molecular flexibility index (Phi) is 3.85. The molecular formula is C18H12FNS3. The third kappa shape index (κ3) is 2.87. The Labute approximate surface area is 145 Å². The van der Waals surface area contributed by atoms with E-state index in [-0.39, 0.29) is 5.82 Å². The molecule has 0 atom stereocenters. The molecule has 0 aliphatic rings. The third-order valence-electron chi connectivity index (χ3n) is 3.43. The van der Waals surface area contributed by atoms with E-state index in [0.29, 0.717) is 0 Å². The second kappa shape index (κ2) is 6.00. The van der Waals surface area contributed by atoms with Gasteiger partial charge >= 0.3 is 0 Å². The number of hydrogen-bond donors (Lipinski definition) is 0. The second-order valence-corrected chi connectivity index (χ2v) is 8.03. The Morgan fingerprint density at radius 1 is 1.00 bits per heavy atom. The highest BCUT2D eigenvalue weighted by Gasteiger charge is 2.17. The van der Waals surface area contributed by atoms with E-state index in [9.17, 15) is 4.39 Å². The van der Waals surface area contributed by atoms with Gasteiger partial charge in [0.05, 0.1) is 15.4 Å². The van der Waals surface area contributed by atoms with Gasteiger partial charge in [-0.15, -0.1) is 34.0 Å². The van der Waals surface area contributed by atoms with Crippen LogP contribution in [0.15, 0.2) is 53.2 Å². The first kappa shape index (κ1) is 14.8. The van der Waals surface area contributed by atoms with E-state index in [4.69, 9.17) is 4.98 Å². The van der Waals surface area contributed by atoms with Crippen LogP contribution in [0.5, 0.6) is 0 Å². The molecule has 0 bridgehead atoms. The minimum absolute atomic E-state index is 0.226. The molecule has 0 N–H and O–H groups in total. The molecule has 0 aliphatic heterocycles. The first-order valence-electron chi connectivity index (χ1n) is 7.07. The number of thiazole rings is 1. The number of nitrogens with zero attached hydrogens (tertiary/aromatic N) is 1. The van der Waals surface area contributed by atoms with E-state index in [2.05, 4.69) is 29.8 Å². The van der Waals surface area contributed by atoms with Crippen LogP contribution in [-0.2, 0) is 0 Å². The van der Waals surface area contributed by atoms with Gasteiger partial charge in [0.1, 0.15) is 10.8 Å². The lowest BCUT2D eigenvalue weighted by atomic mass is 10.1. The van der Waals surface area contributed by atoms with Crippen molar-refractivity contribution in [2.45, 2.75) is 6.92 Å². The minimum Gasteiger partial charge on any atom is -0.234 e. The maximum Gasteiger partial charge on any atom is 0.134 e. The molecule has 5 heteroatoms. The highest BCUT2D eigenvalue weighted by atomic mass is 32.1. The fraction of sp³-hybridized carbons (Fsp3) is 0.0556. The summed E-state index contributed by atoms with van der Waals surface area (Å²) >= 11 is 5.11. The van der Waals surface area contributed by atoms with E-state index in [1.54, 1.807) is 46.1 Å². The fourth-order valence-corrected chi connectivity index (χ4v) is 5.25. The number of benzene rings is 1. The van der Waals surface area contributed by atoms with Crippen LogP contribution in [0.4, 0.5) is 4.39 Å². The van der Waals surface area contributed by atoms with Crippen LogP contribution < -0.4 is 0 Å². The van der Waals surface area contributed by atoms with Gasteiger partial charge in [0, 0.05) is 10.4 Å². The lowest BCUT2D eigenvalue weighted by Gasteiger charge is -2.00. The zero-order chi connectivity index (χ0) is 15.8. The number of hydrogen-bond acceptors (Lipinski definition) is 4. The van der Waals surface area contributed by atoms with Crippen molar-refractivity contribution in [3.63, 3.8) is 0 Å². The van der Waals surface area contributed by atoms with Gasteiger partial charge < -0.3 is 0 Å². The molecule has 0 radical (unpaired) electrons. The van der Waals surface area contributed by atoms with Crippen molar-refractivity contribution < 1.29 is 4.39 Å². The van der Waals surface area contributed by atoms with Crippen LogP contribution in [-0.4, -0.2) is 4.98 Å². The standard InChI is InChI=1S/C18H12FNS3/c1-11-9-15(22-10-11)17-16(12-4-6-13(19)7-5-12)20-18(23-17)14-3-2-8-21-14/h2-10H,1H3. The van der Waals surface area contributed by atoms with Crippen LogP contribution >= 0.6 is 34.0 Å². The summed E-state index contributed by atoms with van der Waals surface area (Å²) in [5.74, 6) is -0.226. The van der Waals surface area contributed by atoms with Crippen molar-refractivity contribution in [3.05, 3.63) is 64.6 Å². The van der Waals surface area contributed by atoms with Crippen molar-refractivity contribution in [1.29, 1.82) is 0 Å². The molecule has 0 amide bonds. The van der Waals surface area contributed by atoms with E-state index >= 15 is 0 Å². The first-order valence-corrected chi connectivity index (χ1v) is 9.64. The molecular weight excluding hydrogens is 345 g/mol. The van der Waals surface area contributed by atoms with Gasteiger partial charge in [0.25, 0.3) is 0 Å². The summed E-state index contributed by atoms with van der Waals surface area (Å²) in [6.45, 7) is 2.10. The van der Waals surface area contributed by atoms with Crippen molar-refractivity contribution in [2.24, 2.45) is 0 Å². The van der Waals surface area contributed by atoms with Crippen LogP contribution in [0, 0.1) is 12.7 Å². The number of rotatable bonds is 3. The van der Waals surface area contributed by atoms with Crippen LogP contribution in [0.2, 0.25) is 0 Å². The maximum atomic E-state index is 13.2. The Morgan fingerprint density at radius 2 is 1.83 bits per heavy atom. The van der Waals surface area contributed by atoms with Gasteiger partial charge in [-0.25, -0.2) is 9.37 Å². The Morgan fingerprint density at radius 3 is 2.48 bits per heavy atom. The smallest absolute Gasteiger partial charge is 0.134 e. The summed E-state index contributed by atoms with van der Waals surface area (Å²) in [6, 6.07) is 12.9. The summed E-state index contributed by atoms with van der Waals surface area (Å²) in [6.07, 6.45) is 0. The van der Waals surface area contributed by atoms with E-state index < -0.39 is 0 Å². The predicted molar refractivity (Wildman–Crippen MR) is 98.9 cm³/mol. The fourth-order valence-electron chi connectivity index (χ4n) is 2.35. The van der Waals surface area contributed by atoms with Crippen LogP contribution in [0.3, 0.4) is 0 Å². The molecule has 0 spiro atoms. The molecule has 0 saturated heterocycles. The quantitative estimate of drug-likeness (QED) is 0.397. The summed E-state index contributed by atoms with van der Waals surface area (Å²) < 4.78 is 13.2. The van der Waals surface area contributed by atoms with Crippen molar-refractivity contribution in [2.75, 3.05) is 0 Å². The number of thiophene rings is 2. The normalized spacial score (nSPS) is 11.0. The lowest BCUT2D eigenvalue weighted by Crippen LogP contribution is -1.82. The van der Waals surface area contributed by atoms with Gasteiger partial charge in [0.15, 0.2) is 0 Å². The van der Waals surface area contributed by atoms with Gasteiger partial charge in [0.2, 0.25) is 0 Å². The Balaban J connectivity index is 1.90. The van der Waals surface area contributed by atoms with Gasteiger partial charge in [-0.05, 0) is 59.6 Å². The van der Waals surface area contributed by atoms with E-state index in [1.165, 1.54) is 22.6 Å². The van der Waals surface area contributed by atoms with Gasteiger partial charge in [-0.1, -0.05) is 6.07 Å². The molecule has 3 aromatic heterocycles. The first-order chi connectivity index (χ1) is 11.2. The Bertz CT molecular complexity index is 933. The maximum absolute atomic E-state index is 13.2. The highest BCUT2D eigenvalue weighted by Crippen LogP contribution is 2.43. The summed E-state index contributed by atoms with van der Waals surface area (Å²) in [5.41, 5.74) is 3.13. The molecule has 1 nitrogen and oxygen atoms in total. The minimum atomic E-state index is -0.226. The molecule has 1 aromatic carbocycles. The average molecular weight is 358 g/mol. The van der Waals surface area contributed by atoms with Gasteiger partial charge in [-0.2, -0.15) is 0 Å². The van der Waals surface area contributed by atoms with E-state index in [1.807, 2.05) is 6.07 Å². The Hall–Kier alpha value is -1.82. The van der Waals surface area contributed by atoms with Crippen molar-refractivity contribution in [3.8, 4) is 30.9 Å².